The number of allylic oxidation sites excluding steroid dienone is 2. The lowest BCUT2D eigenvalue weighted by molar-refractivity contribution is -0.384. The maximum absolute atomic E-state index is 12.8. The number of rotatable bonds is 4. The topological polar surface area (TPSA) is 106 Å². The Balaban J connectivity index is 1.40. The molecule has 9 heteroatoms. The van der Waals surface area contributed by atoms with E-state index in [0.29, 0.717) is 0 Å². The molecule has 1 aliphatic heterocycles. The second kappa shape index (κ2) is 6.91. The number of halogens is 1. The highest BCUT2D eigenvalue weighted by Gasteiger charge is 2.56. The number of carbonyl (C=O) groups is 2. The lowest BCUT2D eigenvalue weighted by atomic mass is 9.63. The van der Waals surface area contributed by atoms with Crippen molar-refractivity contribution in [1.82, 2.24) is 5.01 Å². The van der Waals surface area contributed by atoms with Gasteiger partial charge in [0.05, 0.1) is 28.5 Å². The number of hydrogen-bond acceptors (Lipinski definition) is 6. The molecule has 0 radical (unpaired) electrons. The van der Waals surface area contributed by atoms with Gasteiger partial charge in [-0.05, 0) is 48.9 Å². The van der Waals surface area contributed by atoms with Gasteiger partial charge in [0.25, 0.3) is 17.5 Å². The van der Waals surface area contributed by atoms with Crippen LogP contribution in [0, 0.1) is 33.8 Å². The molecule has 0 N–H and O–H groups in total. The van der Waals surface area contributed by atoms with E-state index in [4.69, 9.17) is 16.0 Å². The Morgan fingerprint density at radius 2 is 1.77 bits per heavy atom. The van der Waals surface area contributed by atoms with Gasteiger partial charge in [0.1, 0.15) is 11.5 Å². The van der Waals surface area contributed by atoms with E-state index in [1.807, 2.05) is 12.2 Å². The Hall–Kier alpha value is -3.26. The highest BCUT2D eigenvalue weighted by Crippen LogP contribution is 2.49. The molecule has 1 aromatic carbocycles. The lowest BCUT2D eigenvalue weighted by Gasteiger charge is -2.37. The molecule has 6 rings (SSSR count). The van der Waals surface area contributed by atoms with Crippen LogP contribution in [-0.4, -0.2) is 28.0 Å². The minimum atomic E-state index is -0.539. The first-order valence-corrected chi connectivity index (χ1v) is 9.96. The first-order valence-electron chi connectivity index (χ1n) is 9.58. The summed E-state index contributed by atoms with van der Waals surface area (Å²) < 4.78 is 5.65. The molecule has 2 fully saturated rings. The second-order valence-corrected chi connectivity index (χ2v) is 8.13. The van der Waals surface area contributed by atoms with E-state index in [1.165, 1.54) is 24.4 Å². The monoisotopic (exact) mass is 425 g/mol. The second-order valence-electron chi connectivity index (χ2n) is 7.69. The van der Waals surface area contributed by atoms with Crippen molar-refractivity contribution in [2.45, 2.75) is 12.8 Å². The summed E-state index contributed by atoms with van der Waals surface area (Å²) in [5.41, 5.74) is 0.0864. The molecular formula is C21H16ClN3O5. The van der Waals surface area contributed by atoms with Crippen LogP contribution >= 0.6 is 11.6 Å². The van der Waals surface area contributed by atoms with Gasteiger partial charge in [-0.2, -0.15) is 10.1 Å². The zero-order chi connectivity index (χ0) is 21.0. The molecule has 4 atom stereocenters. The first-order chi connectivity index (χ1) is 14.4. The molecule has 30 heavy (non-hydrogen) atoms. The fourth-order valence-corrected chi connectivity index (χ4v) is 4.88. The molecular weight excluding hydrogens is 410 g/mol. The van der Waals surface area contributed by atoms with Crippen LogP contribution in [0.4, 0.5) is 5.69 Å². The highest BCUT2D eigenvalue weighted by molar-refractivity contribution is 6.30. The van der Waals surface area contributed by atoms with Gasteiger partial charge in [-0.15, -0.1) is 0 Å². The Kier molecular flexibility index (Phi) is 4.32. The fraction of sp³-hybridized carbons (Fsp3) is 0.286. The molecule has 1 aromatic heterocycles. The average Bonchev–Trinajstić information content (AvgIpc) is 3.31. The highest BCUT2D eigenvalue weighted by atomic mass is 35.5. The van der Waals surface area contributed by atoms with Crippen LogP contribution in [0.15, 0.2) is 52.0 Å². The van der Waals surface area contributed by atoms with Gasteiger partial charge in [0.2, 0.25) is 0 Å². The smallest absolute Gasteiger partial charge is 0.281 e. The normalized spacial score (nSPS) is 27.3. The number of imide groups is 1. The summed E-state index contributed by atoms with van der Waals surface area (Å²) in [5.74, 6) is -0.499. The third-order valence-electron chi connectivity index (χ3n) is 6.09. The fourth-order valence-electron chi connectivity index (χ4n) is 4.72. The molecule has 1 saturated heterocycles. The Labute approximate surface area is 175 Å². The third kappa shape index (κ3) is 2.87. The Morgan fingerprint density at radius 3 is 2.37 bits per heavy atom. The van der Waals surface area contributed by atoms with E-state index in [9.17, 15) is 19.7 Å². The summed E-state index contributed by atoms with van der Waals surface area (Å²) in [6, 6.07) is 7.42. The Bertz CT molecular complexity index is 1110. The van der Waals surface area contributed by atoms with E-state index < -0.39 is 4.92 Å². The first kappa shape index (κ1) is 18.7. The number of fused-ring (bicyclic) bond motifs is 1. The Morgan fingerprint density at radius 1 is 1.10 bits per heavy atom. The van der Waals surface area contributed by atoms with Gasteiger partial charge >= 0.3 is 0 Å². The van der Waals surface area contributed by atoms with Crippen LogP contribution in [-0.2, 0) is 9.59 Å². The van der Waals surface area contributed by atoms with Crippen LogP contribution in [0.2, 0.25) is 5.02 Å². The van der Waals surface area contributed by atoms with Crippen molar-refractivity contribution in [3.8, 4) is 11.3 Å². The summed E-state index contributed by atoms with van der Waals surface area (Å²) in [6.45, 7) is 0. The molecule has 2 heterocycles. The standard InChI is InChI=1S/C21H16ClN3O5/c22-13-5-7-15(16(9-13)25(28)29)17-8-6-14(30-17)10-23-24-20(26)18-11-1-2-12(4-3-11)19(18)21(24)27/h1-2,5-12,18-19H,3-4H2/b23-10-/t11-,12-,18-,19+/m0/s1. The van der Waals surface area contributed by atoms with Crippen LogP contribution in [0.3, 0.4) is 0 Å². The summed E-state index contributed by atoms with van der Waals surface area (Å²) in [6.07, 6.45) is 7.21. The summed E-state index contributed by atoms with van der Waals surface area (Å²) in [7, 11) is 0. The molecule has 152 valence electrons. The van der Waals surface area contributed by atoms with E-state index in [0.717, 1.165) is 17.9 Å². The number of nitro benzene ring substituents is 1. The van der Waals surface area contributed by atoms with Crippen molar-refractivity contribution in [2.75, 3.05) is 0 Å². The van der Waals surface area contributed by atoms with E-state index in [2.05, 4.69) is 5.10 Å². The van der Waals surface area contributed by atoms with E-state index >= 15 is 0 Å². The molecule has 2 bridgehead atoms. The maximum Gasteiger partial charge on any atom is 0.281 e. The molecule has 0 spiro atoms. The number of hydrazone groups is 1. The predicted molar refractivity (Wildman–Crippen MR) is 108 cm³/mol. The third-order valence-corrected chi connectivity index (χ3v) is 6.32. The minimum Gasteiger partial charge on any atom is -0.455 e. The van der Waals surface area contributed by atoms with E-state index in [1.54, 1.807) is 12.1 Å². The van der Waals surface area contributed by atoms with Crippen LogP contribution < -0.4 is 0 Å². The van der Waals surface area contributed by atoms with Gasteiger partial charge in [-0.1, -0.05) is 23.8 Å². The molecule has 4 aliphatic rings. The van der Waals surface area contributed by atoms with Crippen molar-refractivity contribution >= 4 is 35.3 Å². The number of furan rings is 1. The zero-order valence-corrected chi connectivity index (χ0v) is 16.4. The van der Waals surface area contributed by atoms with Gasteiger partial charge in [-0.25, -0.2) is 0 Å². The van der Waals surface area contributed by atoms with E-state index in [-0.39, 0.29) is 63.3 Å². The summed E-state index contributed by atoms with van der Waals surface area (Å²) in [4.78, 5) is 36.3. The number of nitro groups is 1. The lowest BCUT2D eigenvalue weighted by Crippen LogP contribution is -2.38. The summed E-state index contributed by atoms with van der Waals surface area (Å²) >= 11 is 5.85. The molecule has 1 saturated carbocycles. The molecule has 2 aromatic rings. The number of carbonyl (C=O) groups excluding carboxylic acids is 2. The van der Waals surface area contributed by atoms with Gasteiger partial charge in [0.15, 0.2) is 0 Å². The predicted octanol–water partition coefficient (Wildman–Crippen LogP) is 4.04. The number of benzene rings is 1. The van der Waals surface area contributed by atoms with Gasteiger partial charge in [0, 0.05) is 11.1 Å². The molecule has 3 aliphatic carbocycles. The molecule has 0 unspecified atom stereocenters. The van der Waals surface area contributed by atoms with Crippen molar-refractivity contribution in [1.29, 1.82) is 0 Å². The minimum absolute atomic E-state index is 0.0947. The van der Waals surface area contributed by atoms with Crippen molar-refractivity contribution in [3.63, 3.8) is 0 Å². The largest absolute Gasteiger partial charge is 0.455 e. The SMILES string of the molecule is O=C1[C@@H]2[C@H](C(=O)N1/N=C\c1ccc(-c3ccc(Cl)cc3[N+](=O)[O-])o1)[C@H]1C=C[C@H]2CC1. The van der Waals surface area contributed by atoms with Crippen LogP contribution in [0.5, 0.6) is 0 Å². The zero-order valence-electron chi connectivity index (χ0n) is 15.6. The average molecular weight is 426 g/mol. The number of amides is 2. The van der Waals surface area contributed by atoms with Gasteiger partial charge < -0.3 is 4.42 Å². The van der Waals surface area contributed by atoms with Gasteiger partial charge in [-0.3, -0.25) is 19.7 Å². The van der Waals surface area contributed by atoms with Crippen molar-refractivity contribution in [3.05, 3.63) is 63.4 Å². The number of hydrogen-bond donors (Lipinski definition) is 0. The van der Waals surface area contributed by atoms with Crippen LogP contribution in [0.1, 0.15) is 18.6 Å². The molecule has 2 amide bonds. The maximum atomic E-state index is 12.8. The quantitative estimate of drug-likeness (QED) is 0.241. The van der Waals surface area contributed by atoms with Crippen LogP contribution in [0.25, 0.3) is 11.3 Å². The molecule has 8 nitrogen and oxygen atoms in total. The number of nitrogens with zero attached hydrogens (tertiary/aromatic N) is 3. The van der Waals surface area contributed by atoms with Crippen molar-refractivity contribution < 1.29 is 18.9 Å². The summed E-state index contributed by atoms with van der Waals surface area (Å²) in [5, 5.41) is 16.6. The van der Waals surface area contributed by atoms with Crippen molar-refractivity contribution in [2.24, 2.45) is 28.8 Å².